The van der Waals surface area contributed by atoms with Crippen LogP contribution in [-0.4, -0.2) is 32.6 Å². The molecule has 2 aromatic carbocycles. The molecule has 4 rings (SSSR count). The third-order valence-electron chi connectivity index (χ3n) is 5.68. The van der Waals surface area contributed by atoms with Crippen molar-refractivity contribution in [2.45, 2.75) is 36.8 Å². The van der Waals surface area contributed by atoms with Crippen molar-refractivity contribution >= 4 is 27.4 Å². The third kappa shape index (κ3) is 5.27. The molecule has 0 bridgehead atoms. The summed E-state index contributed by atoms with van der Waals surface area (Å²) in [6.07, 6.45) is 0.399. The van der Waals surface area contributed by atoms with Crippen LogP contribution in [0.4, 0.5) is 0 Å². The van der Waals surface area contributed by atoms with E-state index in [1.807, 2.05) is 19.9 Å². The first-order valence-electron chi connectivity index (χ1n) is 10.9. The number of rotatable bonds is 7. The van der Waals surface area contributed by atoms with Crippen molar-refractivity contribution in [1.82, 2.24) is 10.9 Å². The van der Waals surface area contributed by atoms with Gasteiger partial charge in [-0.3, -0.25) is 25.2 Å². The molecule has 1 atom stereocenters. The molecule has 0 saturated heterocycles. The maximum atomic E-state index is 12.5. The predicted octanol–water partition coefficient (Wildman–Crippen LogP) is 3.09. The quantitative estimate of drug-likeness (QED) is 0.481. The molecule has 0 fully saturated rings. The average Bonchev–Trinajstić information content (AvgIpc) is 3.41. The molecule has 182 valence electrons. The first kappa shape index (κ1) is 24.2. The Bertz CT molecular complexity index is 1390. The van der Waals surface area contributed by atoms with Gasteiger partial charge in [-0.25, -0.2) is 8.42 Å². The van der Waals surface area contributed by atoms with Crippen LogP contribution in [0.5, 0.6) is 5.75 Å². The van der Waals surface area contributed by atoms with Crippen LogP contribution in [0, 0.1) is 6.92 Å². The minimum absolute atomic E-state index is 0.0252. The highest BCUT2D eigenvalue weighted by atomic mass is 32.2. The normalized spacial score (nSPS) is 14.9. The number of benzene rings is 2. The van der Waals surface area contributed by atoms with E-state index in [9.17, 15) is 22.8 Å². The van der Waals surface area contributed by atoms with Gasteiger partial charge in [-0.1, -0.05) is 31.2 Å². The second kappa shape index (κ2) is 9.75. The Morgan fingerprint density at radius 3 is 2.54 bits per heavy atom. The van der Waals surface area contributed by atoms with Gasteiger partial charge in [-0.15, -0.1) is 0 Å². The van der Waals surface area contributed by atoms with E-state index in [0.29, 0.717) is 17.7 Å². The third-order valence-corrected chi connectivity index (χ3v) is 7.34. The number of fused-ring (bicyclic) bond motifs is 1. The zero-order valence-electron chi connectivity index (χ0n) is 19.2. The fourth-order valence-corrected chi connectivity index (χ4v) is 5.34. The fraction of sp³-hybridized carbons (Fsp3) is 0.240. The monoisotopic (exact) mass is 496 g/mol. The highest BCUT2D eigenvalue weighted by Crippen LogP contribution is 2.40. The summed E-state index contributed by atoms with van der Waals surface area (Å²) in [7, 11) is -3.64. The molecule has 1 aliphatic rings. The zero-order chi connectivity index (χ0) is 25.2. The highest BCUT2D eigenvalue weighted by Gasteiger charge is 2.31. The Kier molecular flexibility index (Phi) is 6.74. The molecular weight excluding hydrogens is 472 g/mol. The minimum atomic E-state index is -3.64. The number of amides is 2. The Labute approximate surface area is 202 Å². The highest BCUT2D eigenvalue weighted by molar-refractivity contribution is 7.90. The lowest BCUT2D eigenvalue weighted by Gasteiger charge is -2.13. The number of carbonyl (C=O) groups is 3. The number of furan rings is 1. The second-order valence-corrected chi connectivity index (χ2v) is 10.3. The van der Waals surface area contributed by atoms with Crippen LogP contribution in [0.1, 0.15) is 57.1 Å². The lowest BCUT2D eigenvalue weighted by molar-refractivity contribution is -0.123. The zero-order valence-corrected chi connectivity index (χ0v) is 20.0. The van der Waals surface area contributed by atoms with Crippen LogP contribution in [-0.2, 0) is 20.4 Å². The van der Waals surface area contributed by atoms with Gasteiger partial charge < -0.3 is 9.15 Å². The molecule has 1 aromatic heterocycles. The van der Waals surface area contributed by atoms with Gasteiger partial charge in [0, 0.05) is 6.42 Å². The molecule has 3 aromatic rings. The number of Topliss-reactive ketones (excluding diaryl/α,β-unsaturated/α-hetero) is 1. The molecule has 10 heteroatoms. The molecule has 1 heterocycles. The number of hydrazine groups is 1. The summed E-state index contributed by atoms with van der Waals surface area (Å²) in [5.41, 5.74) is 6.83. The van der Waals surface area contributed by atoms with Crippen LogP contribution >= 0.6 is 0 Å². The van der Waals surface area contributed by atoms with Gasteiger partial charge in [0.25, 0.3) is 5.91 Å². The summed E-state index contributed by atoms with van der Waals surface area (Å²) < 4.78 is 35.8. The largest absolute Gasteiger partial charge is 0.483 e. The summed E-state index contributed by atoms with van der Waals surface area (Å²) >= 11 is 0. The molecule has 1 aliphatic carbocycles. The van der Waals surface area contributed by atoms with E-state index < -0.39 is 34.0 Å². The van der Waals surface area contributed by atoms with E-state index in [0.717, 1.165) is 11.1 Å². The molecule has 0 radical (unpaired) electrons. The van der Waals surface area contributed by atoms with E-state index in [-0.39, 0.29) is 28.1 Å². The molecule has 0 spiro atoms. The van der Waals surface area contributed by atoms with Crippen LogP contribution < -0.4 is 15.6 Å². The molecule has 2 N–H and O–H groups in total. The number of aryl methyl sites for hydroxylation is 1. The fourth-order valence-electron chi connectivity index (χ4n) is 4.07. The van der Waals surface area contributed by atoms with Crippen molar-refractivity contribution in [3.8, 4) is 5.75 Å². The van der Waals surface area contributed by atoms with Crippen molar-refractivity contribution in [3.63, 3.8) is 0 Å². The summed E-state index contributed by atoms with van der Waals surface area (Å²) in [5.74, 6) is -1.51. The van der Waals surface area contributed by atoms with Gasteiger partial charge in [0.1, 0.15) is 17.3 Å². The number of nitrogens with one attached hydrogen (secondary N) is 2. The topological polar surface area (TPSA) is 132 Å². The summed E-state index contributed by atoms with van der Waals surface area (Å²) in [6.45, 7) is 3.48. The lowest BCUT2D eigenvalue weighted by Crippen LogP contribution is -2.43. The molecule has 0 unspecified atom stereocenters. The van der Waals surface area contributed by atoms with E-state index in [2.05, 4.69) is 10.9 Å². The van der Waals surface area contributed by atoms with Crippen LogP contribution in [0.15, 0.2) is 63.9 Å². The SMILES string of the molecule is Cc1ccc(OCC(=O)NNC(=O)c2ccc(CS(=O)(=O)c3ccccc3)o2)c2c1[C@H](C)CC2=O. The van der Waals surface area contributed by atoms with Crippen LogP contribution in [0.25, 0.3) is 0 Å². The van der Waals surface area contributed by atoms with Gasteiger partial charge in [0.2, 0.25) is 0 Å². The van der Waals surface area contributed by atoms with Gasteiger partial charge in [0.15, 0.2) is 28.0 Å². The smallest absolute Gasteiger partial charge is 0.305 e. The maximum absolute atomic E-state index is 12.5. The Morgan fingerprint density at radius 2 is 1.80 bits per heavy atom. The maximum Gasteiger partial charge on any atom is 0.305 e. The van der Waals surface area contributed by atoms with Gasteiger partial charge in [-0.05, 0) is 54.3 Å². The molecule has 9 nitrogen and oxygen atoms in total. The first-order valence-corrected chi connectivity index (χ1v) is 12.6. The summed E-state index contributed by atoms with van der Waals surface area (Å²) in [4.78, 5) is 36.9. The van der Waals surface area contributed by atoms with Gasteiger partial charge in [0.05, 0.1) is 10.5 Å². The number of ether oxygens (including phenoxy) is 1. The molecule has 0 aliphatic heterocycles. The van der Waals surface area contributed by atoms with E-state index in [4.69, 9.17) is 9.15 Å². The van der Waals surface area contributed by atoms with E-state index in [1.165, 1.54) is 24.3 Å². The van der Waals surface area contributed by atoms with Gasteiger partial charge >= 0.3 is 5.91 Å². The first-order chi connectivity index (χ1) is 16.7. The molecule has 2 amide bonds. The van der Waals surface area contributed by atoms with Crippen molar-refractivity contribution in [3.05, 3.63) is 82.8 Å². The van der Waals surface area contributed by atoms with Crippen molar-refractivity contribution in [2.75, 3.05) is 6.61 Å². The standard InChI is InChI=1S/C25H24N2O7S/c1-15-8-10-20(24-19(28)12-16(2)23(15)24)33-13-22(29)26-27-25(30)21-11-9-17(34-21)14-35(31,32)18-6-4-3-5-7-18/h3-11,16H,12-14H2,1-2H3,(H,26,29)(H,27,30)/t16-/m1/s1. The number of ketones is 1. The van der Waals surface area contributed by atoms with Crippen LogP contribution in [0.3, 0.4) is 0 Å². The predicted molar refractivity (Wildman–Crippen MR) is 126 cm³/mol. The van der Waals surface area contributed by atoms with Crippen molar-refractivity contribution in [2.24, 2.45) is 0 Å². The van der Waals surface area contributed by atoms with Crippen molar-refractivity contribution < 1.29 is 32.0 Å². The molecule has 35 heavy (non-hydrogen) atoms. The van der Waals surface area contributed by atoms with Crippen LogP contribution in [0.2, 0.25) is 0 Å². The summed E-state index contributed by atoms with van der Waals surface area (Å²) in [6, 6.07) is 14.1. The molecular formula is C25H24N2O7S. The number of hydrogen-bond acceptors (Lipinski definition) is 7. The Hall–Kier alpha value is -3.92. The van der Waals surface area contributed by atoms with Crippen molar-refractivity contribution in [1.29, 1.82) is 0 Å². The number of sulfone groups is 1. The molecule has 0 saturated carbocycles. The Balaban J connectivity index is 1.31. The minimum Gasteiger partial charge on any atom is -0.483 e. The Morgan fingerprint density at radius 1 is 1.06 bits per heavy atom. The van der Waals surface area contributed by atoms with E-state index in [1.54, 1.807) is 24.3 Å². The number of carbonyl (C=O) groups excluding carboxylic acids is 3. The average molecular weight is 497 g/mol. The summed E-state index contributed by atoms with van der Waals surface area (Å²) in [5, 5.41) is 0. The van der Waals surface area contributed by atoms with E-state index >= 15 is 0 Å². The lowest BCUT2D eigenvalue weighted by atomic mass is 9.97. The number of hydrogen-bond donors (Lipinski definition) is 2. The van der Waals surface area contributed by atoms with Gasteiger partial charge in [-0.2, -0.15) is 0 Å². The second-order valence-electron chi connectivity index (χ2n) is 8.33.